The van der Waals surface area contributed by atoms with Crippen LogP contribution in [0.3, 0.4) is 0 Å². The van der Waals surface area contributed by atoms with Gasteiger partial charge in [0.05, 0.1) is 6.61 Å². The van der Waals surface area contributed by atoms with Gasteiger partial charge in [-0.3, -0.25) is 9.69 Å². The number of aliphatic imine (C=N–C) groups is 1. The van der Waals surface area contributed by atoms with E-state index in [1.807, 2.05) is 0 Å². The van der Waals surface area contributed by atoms with Crippen LogP contribution in [0.15, 0.2) is 4.99 Å². The summed E-state index contributed by atoms with van der Waals surface area (Å²) in [4.78, 5) is 21.0. The molecule has 0 aromatic rings. The van der Waals surface area contributed by atoms with Crippen molar-refractivity contribution in [3.8, 4) is 0 Å². The lowest BCUT2D eigenvalue weighted by Gasteiger charge is -2.48. The number of likely N-dealkylation sites (N-methyl/N-ethyl adjacent to an activating group) is 1. The maximum Gasteiger partial charge on any atom is 0.243 e. The molecule has 174 valence electrons. The zero-order valence-electron chi connectivity index (χ0n) is 19.0. The Morgan fingerprint density at radius 2 is 1.80 bits per heavy atom. The number of guanidine groups is 1. The number of hydrogen-bond donors (Lipinski definition) is 2. The van der Waals surface area contributed by atoms with E-state index >= 15 is 0 Å². The maximum atomic E-state index is 12.1. The van der Waals surface area contributed by atoms with E-state index in [1.165, 1.54) is 64.5 Å². The van der Waals surface area contributed by atoms with Crippen LogP contribution >= 0.6 is 24.0 Å². The number of likely N-dealkylation sites (tertiary alicyclic amines) is 1. The van der Waals surface area contributed by atoms with Gasteiger partial charge in [-0.15, -0.1) is 24.0 Å². The van der Waals surface area contributed by atoms with E-state index in [1.54, 1.807) is 19.0 Å². The summed E-state index contributed by atoms with van der Waals surface area (Å²) >= 11 is 0. The van der Waals surface area contributed by atoms with Gasteiger partial charge in [-0.25, -0.2) is 4.99 Å². The van der Waals surface area contributed by atoms with Gasteiger partial charge in [0.1, 0.15) is 6.54 Å². The van der Waals surface area contributed by atoms with Crippen LogP contribution in [0, 0.1) is 5.92 Å². The standard InChI is InChI=1S/C22H41N5O2.HI/c1-26(2)20(28)16-24-21(23-15-19-9-14-29-17-19)25-18-22(10-5-3-6-11-22)27-12-7-4-8-13-27;/h19H,3-18H2,1-2H3,(H2,23,24,25);1H. The number of piperidine rings is 1. The number of carbonyl (C=O) groups is 1. The van der Waals surface area contributed by atoms with Gasteiger partial charge in [0.2, 0.25) is 5.91 Å². The Morgan fingerprint density at radius 3 is 2.43 bits per heavy atom. The molecule has 0 bridgehead atoms. The van der Waals surface area contributed by atoms with Crippen LogP contribution in [0.4, 0.5) is 0 Å². The minimum Gasteiger partial charge on any atom is -0.381 e. The molecule has 0 spiro atoms. The number of nitrogens with one attached hydrogen (secondary N) is 2. The lowest BCUT2D eigenvalue weighted by atomic mass is 9.79. The van der Waals surface area contributed by atoms with E-state index in [0.29, 0.717) is 5.92 Å². The zero-order chi connectivity index (χ0) is 20.5. The Balaban J connectivity index is 0.00000320. The van der Waals surface area contributed by atoms with Crippen LogP contribution in [-0.2, 0) is 9.53 Å². The molecule has 3 rings (SSSR count). The summed E-state index contributed by atoms with van der Waals surface area (Å²) in [7, 11) is 3.56. The highest BCUT2D eigenvalue weighted by Gasteiger charge is 2.38. The molecule has 3 aliphatic rings. The number of ether oxygens (including phenoxy) is 1. The Morgan fingerprint density at radius 1 is 1.10 bits per heavy atom. The number of rotatable bonds is 7. The molecule has 30 heavy (non-hydrogen) atoms. The lowest BCUT2D eigenvalue weighted by molar-refractivity contribution is -0.127. The molecule has 1 unspecified atom stereocenters. The highest BCUT2D eigenvalue weighted by Crippen LogP contribution is 2.35. The molecule has 8 heteroatoms. The monoisotopic (exact) mass is 535 g/mol. The molecule has 1 saturated carbocycles. The molecule has 2 saturated heterocycles. The summed E-state index contributed by atoms with van der Waals surface area (Å²) in [5.41, 5.74) is 0.239. The highest BCUT2D eigenvalue weighted by molar-refractivity contribution is 14.0. The first-order chi connectivity index (χ1) is 14.1. The molecular weight excluding hydrogens is 493 g/mol. The van der Waals surface area contributed by atoms with Crippen LogP contribution in [0.25, 0.3) is 0 Å². The summed E-state index contributed by atoms with van der Waals surface area (Å²) in [5.74, 6) is 1.32. The van der Waals surface area contributed by atoms with Crippen molar-refractivity contribution >= 4 is 35.8 Å². The largest absolute Gasteiger partial charge is 0.381 e. The van der Waals surface area contributed by atoms with Crippen molar-refractivity contribution in [2.75, 3.05) is 60.0 Å². The molecule has 1 aliphatic carbocycles. The van der Waals surface area contributed by atoms with Crippen LogP contribution in [0.1, 0.15) is 57.8 Å². The first-order valence-electron chi connectivity index (χ1n) is 11.6. The first-order valence-corrected chi connectivity index (χ1v) is 11.6. The minimum absolute atomic E-state index is 0. The van der Waals surface area contributed by atoms with E-state index in [9.17, 15) is 4.79 Å². The van der Waals surface area contributed by atoms with Gasteiger partial charge in [-0.2, -0.15) is 0 Å². The summed E-state index contributed by atoms with van der Waals surface area (Å²) in [6.07, 6.45) is 11.6. The number of hydrogen-bond acceptors (Lipinski definition) is 4. The average molecular weight is 536 g/mol. The minimum atomic E-state index is 0. The first kappa shape index (κ1) is 25.6. The van der Waals surface area contributed by atoms with Crippen LogP contribution in [0.2, 0.25) is 0 Å². The van der Waals surface area contributed by atoms with Gasteiger partial charge >= 0.3 is 0 Å². The second-order valence-electron chi connectivity index (χ2n) is 9.25. The van der Waals surface area contributed by atoms with Gasteiger partial charge in [-0.05, 0) is 45.2 Å². The van der Waals surface area contributed by atoms with E-state index in [0.717, 1.165) is 38.7 Å². The zero-order valence-corrected chi connectivity index (χ0v) is 21.3. The van der Waals surface area contributed by atoms with Crippen molar-refractivity contribution in [2.24, 2.45) is 10.9 Å². The number of carbonyl (C=O) groups excluding carboxylic acids is 1. The fraction of sp³-hybridized carbons (Fsp3) is 0.909. The fourth-order valence-electron chi connectivity index (χ4n) is 4.88. The van der Waals surface area contributed by atoms with E-state index in [4.69, 9.17) is 4.74 Å². The second kappa shape index (κ2) is 13.1. The second-order valence-corrected chi connectivity index (χ2v) is 9.25. The molecule has 7 nitrogen and oxygen atoms in total. The van der Waals surface area contributed by atoms with Crippen molar-refractivity contribution in [3.05, 3.63) is 0 Å². The number of halogens is 1. The van der Waals surface area contributed by atoms with Crippen molar-refractivity contribution in [1.29, 1.82) is 0 Å². The van der Waals surface area contributed by atoms with Crippen molar-refractivity contribution in [3.63, 3.8) is 0 Å². The third kappa shape index (κ3) is 7.51. The third-order valence-corrected chi connectivity index (χ3v) is 6.85. The molecule has 3 fully saturated rings. The molecule has 1 atom stereocenters. The summed E-state index contributed by atoms with van der Waals surface area (Å²) in [6.45, 7) is 6.05. The SMILES string of the molecule is CN(C)C(=O)CN=C(NCC1CCOC1)NCC1(N2CCCCC2)CCCCC1.I. The van der Waals surface area contributed by atoms with Gasteiger partial charge in [0.15, 0.2) is 5.96 Å². The lowest BCUT2D eigenvalue weighted by Crippen LogP contribution is -2.59. The van der Waals surface area contributed by atoms with E-state index < -0.39 is 0 Å². The molecule has 0 aromatic heterocycles. The predicted molar refractivity (Wildman–Crippen MR) is 133 cm³/mol. The quantitative estimate of drug-likeness (QED) is 0.298. The maximum absolute atomic E-state index is 12.1. The molecule has 2 heterocycles. The van der Waals surface area contributed by atoms with Gasteiger partial charge in [-0.1, -0.05) is 25.7 Å². The van der Waals surface area contributed by atoms with Gasteiger partial charge in [0.25, 0.3) is 0 Å². The summed E-state index contributed by atoms with van der Waals surface area (Å²) in [6, 6.07) is 0. The van der Waals surface area contributed by atoms with Gasteiger partial charge < -0.3 is 20.3 Å². The molecule has 2 aliphatic heterocycles. The summed E-state index contributed by atoms with van der Waals surface area (Å²) < 4.78 is 5.50. The van der Waals surface area contributed by atoms with Crippen LogP contribution in [-0.4, -0.2) is 87.2 Å². The smallest absolute Gasteiger partial charge is 0.243 e. The third-order valence-electron chi connectivity index (χ3n) is 6.85. The Hall–Kier alpha value is -0.610. The van der Waals surface area contributed by atoms with Crippen molar-refractivity contribution in [2.45, 2.75) is 63.3 Å². The Bertz CT molecular complexity index is 540. The molecular formula is C22H42IN5O2. The van der Waals surface area contributed by atoms with Gasteiger partial charge in [0, 0.05) is 45.2 Å². The number of amides is 1. The number of nitrogens with zero attached hydrogens (tertiary/aromatic N) is 3. The van der Waals surface area contributed by atoms with Crippen LogP contribution in [0.5, 0.6) is 0 Å². The van der Waals surface area contributed by atoms with Crippen molar-refractivity contribution in [1.82, 2.24) is 20.4 Å². The topological polar surface area (TPSA) is 69.2 Å². The predicted octanol–water partition coefficient (Wildman–Crippen LogP) is 2.45. The highest BCUT2D eigenvalue weighted by atomic mass is 127. The molecule has 0 aromatic carbocycles. The molecule has 0 radical (unpaired) electrons. The Labute approximate surface area is 199 Å². The molecule has 1 amide bonds. The van der Waals surface area contributed by atoms with Crippen LogP contribution < -0.4 is 10.6 Å². The Kier molecular flexibility index (Phi) is 11.2. The fourth-order valence-corrected chi connectivity index (χ4v) is 4.88. The summed E-state index contributed by atoms with van der Waals surface area (Å²) in [5, 5.41) is 7.12. The normalized spacial score (nSPS) is 24.7. The molecule has 2 N–H and O–H groups in total. The van der Waals surface area contributed by atoms with E-state index in [-0.39, 0.29) is 42.0 Å². The average Bonchev–Trinajstić information content (AvgIpc) is 3.28. The van der Waals surface area contributed by atoms with Crippen molar-refractivity contribution < 1.29 is 9.53 Å². The van der Waals surface area contributed by atoms with E-state index in [2.05, 4.69) is 20.5 Å².